The van der Waals surface area contributed by atoms with Crippen molar-refractivity contribution in [3.8, 4) is 0 Å². The van der Waals surface area contributed by atoms with E-state index in [0.717, 1.165) is 11.8 Å². The molecule has 0 radical (unpaired) electrons. The van der Waals surface area contributed by atoms with E-state index >= 15 is 0 Å². The van der Waals surface area contributed by atoms with E-state index in [1.807, 2.05) is 0 Å². The van der Waals surface area contributed by atoms with Crippen LogP contribution in [0.4, 0.5) is 0 Å². The maximum absolute atomic E-state index is 5.92. The van der Waals surface area contributed by atoms with E-state index in [1.54, 1.807) is 0 Å². The van der Waals surface area contributed by atoms with Crippen molar-refractivity contribution in [1.29, 1.82) is 0 Å². The minimum Gasteiger partial charge on any atom is -0.362 e. The zero-order valence-electron chi connectivity index (χ0n) is 6.95. The molecule has 64 valence electrons. The Kier molecular flexibility index (Phi) is 0.561. The summed E-state index contributed by atoms with van der Waals surface area (Å²) in [6.45, 7) is 0. The molecule has 0 N–H and O–H groups in total. The maximum atomic E-state index is 5.92. The highest BCUT2D eigenvalue weighted by Gasteiger charge is 2.93. The molecule has 2 heteroatoms. The van der Waals surface area contributed by atoms with Gasteiger partial charge >= 0.3 is 0 Å². The molecule has 0 amide bonds. The molecule has 2 heterocycles. The molecule has 0 unspecified atom stereocenters. The van der Waals surface area contributed by atoms with Crippen molar-refractivity contribution in [2.75, 3.05) is 0 Å². The third kappa shape index (κ3) is 0.293. The number of hydrogen-bond donors (Lipinski definition) is 0. The Hall–Kier alpha value is -0.0800. The van der Waals surface area contributed by atoms with Gasteiger partial charge in [-0.3, -0.25) is 0 Å². The van der Waals surface area contributed by atoms with Gasteiger partial charge in [0.15, 0.2) is 0 Å². The summed E-state index contributed by atoms with van der Waals surface area (Å²) in [6, 6.07) is 0. The first-order chi connectivity index (χ1) is 5.88. The second kappa shape index (κ2) is 1.20. The smallest absolute Gasteiger partial charge is 0.129 e. The van der Waals surface area contributed by atoms with Crippen LogP contribution in [0.15, 0.2) is 0 Å². The van der Waals surface area contributed by atoms with Crippen LogP contribution in [-0.4, -0.2) is 23.4 Å². The lowest BCUT2D eigenvalue weighted by Crippen LogP contribution is -2.39. The quantitative estimate of drug-likeness (QED) is 0.501. The second-order valence-electron chi connectivity index (χ2n) is 5.24. The van der Waals surface area contributed by atoms with Gasteiger partial charge in [-0.25, -0.2) is 0 Å². The Morgan fingerprint density at radius 3 is 2.00 bits per heavy atom. The molecule has 3 aliphatic carbocycles. The lowest BCUT2D eigenvalue weighted by atomic mass is 9.79. The van der Waals surface area contributed by atoms with Gasteiger partial charge in [-0.2, -0.15) is 0 Å². The summed E-state index contributed by atoms with van der Waals surface area (Å²) in [5.74, 6) is 1.75. The molecule has 2 saturated heterocycles. The molecule has 5 fully saturated rings. The monoisotopic (exact) mass is 164 g/mol. The Balaban J connectivity index is 1.81. The van der Waals surface area contributed by atoms with Gasteiger partial charge in [0.05, 0.1) is 12.2 Å². The highest BCUT2D eigenvalue weighted by molar-refractivity contribution is 5.41. The lowest BCUT2D eigenvalue weighted by molar-refractivity contribution is 0.100. The largest absolute Gasteiger partial charge is 0.362 e. The van der Waals surface area contributed by atoms with Crippen molar-refractivity contribution in [2.45, 2.75) is 49.1 Å². The van der Waals surface area contributed by atoms with Gasteiger partial charge in [0.1, 0.15) is 11.2 Å². The Morgan fingerprint density at radius 1 is 0.833 bits per heavy atom. The van der Waals surface area contributed by atoms with Gasteiger partial charge in [-0.1, -0.05) is 0 Å². The number of hydrogen-bond acceptors (Lipinski definition) is 2. The molecule has 6 atom stereocenters. The van der Waals surface area contributed by atoms with Crippen LogP contribution in [0.1, 0.15) is 25.7 Å². The number of fused-ring (bicyclic) bond motifs is 2. The Labute approximate surface area is 71.2 Å². The van der Waals surface area contributed by atoms with Crippen LogP contribution in [0.5, 0.6) is 0 Å². The molecule has 2 spiro atoms. The zero-order valence-corrected chi connectivity index (χ0v) is 6.95. The predicted octanol–water partition coefficient (Wildman–Crippen LogP) is 1.10. The first-order valence-electron chi connectivity index (χ1n) is 5.23. The summed E-state index contributed by atoms with van der Waals surface area (Å²) < 4.78 is 11.8. The normalized spacial score (nSPS) is 80.0. The molecule has 5 rings (SSSR count). The van der Waals surface area contributed by atoms with Gasteiger partial charge in [0.2, 0.25) is 0 Å². The van der Waals surface area contributed by atoms with Crippen molar-refractivity contribution < 1.29 is 9.47 Å². The standard InChI is InChI=1S/C10H12O2/c1-2-6-3-5(1)9-7(11-9)4-8-10(6,9)12-8/h5-8H,1-4H2/t5-,6-,7-,8+,9+,10-/m0/s1. The van der Waals surface area contributed by atoms with Gasteiger partial charge in [0, 0.05) is 6.42 Å². The fourth-order valence-corrected chi connectivity index (χ4v) is 4.85. The first kappa shape index (κ1) is 5.61. The van der Waals surface area contributed by atoms with E-state index in [4.69, 9.17) is 9.47 Å². The van der Waals surface area contributed by atoms with Crippen molar-refractivity contribution in [2.24, 2.45) is 11.8 Å². The SMILES string of the molecule is C1C[C@H]2C[C@H]1[C@@]13O[C@H]1C[C@H]1O[C@@]213. The molecule has 0 aromatic carbocycles. The van der Waals surface area contributed by atoms with Crippen LogP contribution in [-0.2, 0) is 9.47 Å². The molecular weight excluding hydrogens is 152 g/mol. The van der Waals surface area contributed by atoms with E-state index in [2.05, 4.69) is 0 Å². The molecule has 0 aromatic heterocycles. The lowest BCUT2D eigenvalue weighted by Gasteiger charge is -2.24. The van der Waals surface area contributed by atoms with Gasteiger partial charge in [-0.15, -0.1) is 0 Å². The molecule has 2 aliphatic heterocycles. The number of rotatable bonds is 0. The highest BCUT2D eigenvalue weighted by atomic mass is 16.7. The molecule has 2 nitrogen and oxygen atoms in total. The van der Waals surface area contributed by atoms with Crippen LogP contribution in [0, 0.1) is 11.8 Å². The van der Waals surface area contributed by atoms with Crippen molar-refractivity contribution in [3.63, 3.8) is 0 Å². The summed E-state index contributed by atoms with van der Waals surface area (Å²) in [5.41, 5.74) is 0.557. The predicted molar refractivity (Wildman–Crippen MR) is 40.7 cm³/mol. The van der Waals surface area contributed by atoms with Crippen molar-refractivity contribution >= 4 is 0 Å². The van der Waals surface area contributed by atoms with E-state index in [-0.39, 0.29) is 11.2 Å². The summed E-state index contributed by atoms with van der Waals surface area (Å²) >= 11 is 0. The number of ether oxygens (including phenoxy) is 2. The van der Waals surface area contributed by atoms with Crippen LogP contribution >= 0.6 is 0 Å². The van der Waals surface area contributed by atoms with Crippen molar-refractivity contribution in [1.82, 2.24) is 0 Å². The molecule has 2 bridgehead atoms. The summed E-state index contributed by atoms with van der Waals surface area (Å²) in [5, 5.41) is 0. The summed E-state index contributed by atoms with van der Waals surface area (Å²) in [7, 11) is 0. The zero-order chi connectivity index (χ0) is 7.55. The Morgan fingerprint density at radius 2 is 1.42 bits per heavy atom. The van der Waals surface area contributed by atoms with Crippen LogP contribution < -0.4 is 0 Å². The summed E-state index contributed by atoms with van der Waals surface area (Å²) in [4.78, 5) is 0. The third-order valence-corrected chi connectivity index (χ3v) is 5.20. The van der Waals surface area contributed by atoms with Crippen LogP contribution in [0.2, 0.25) is 0 Å². The topological polar surface area (TPSA) is 25.1 Å². The second-order valence-corrected chi connectivity index (χ2v) is 5.24. The van der Waals surface area contributed by atoms with Gasteiger partial charge in [0.25, 0.3) is 0 Å². The van der Waals surface area contributed by atoms with Gasteiger partial charge in [-0.05, 0) is 31.1 Å². The molecule has 0 aromatic rings. The number of epoxide rings is 2. The van der Waals surface area contributed by atoms with Crippen LogP contribution in [0.3, 0.4) is 0 Å². The average Bonchev–Trinajstić information content (AvgIpc) is 2.84. The van der Waals surface area contributed by atoms with E-state index in [9.17, 15) is 0 Å². The molecule has 12 heavy (non-hydrogen) atoms. The summed E-state index contributed by atoms with van der Waals surface area (Å²) in [6.07, 6.45) is 6.69. The molecule has 3 saturated carbocycles. The first-order valence-corrected chi connectivity index (χ1v) is 5.23. The van der Waals surface area contributed by atoms with E-state index < -0.39 is 0 Å². The minimum absolute atomic E-state index is 0.278. The van der Waals surface area contributed by atoms with Crippen molar-refractivity contribution in [3.05, 3.63) is 0 Å². The minimum atomic E-state index is 0.278. The highest BCUT2D eigenvalue weighted by Crippen LogP contribution is 2.80. The maximum Gasteiger partial charge on any atom is 0.129 e. The molecule has 5 aliphatic rings. The van der Waals surface area contributed by atoms with Gasteiger partial charge < -0.3 is 9.47 Å². The van der Waals surface area contributed by atoms with Crippen LogP contribution in [0.25, 0.3) is 0 Å². The fraction of sp³-hybridized carbons (Fsp3) is 1.00. The average molecular weight is 164 g/mol. The third-order valence-electron chi connectivity index (χ3n) is 5.20. The Bertz CT molecular complexity index is 274. The van der Waals surface area contributed by atoms with E-state index in [0.29, 0.717) is 12.2 Å². The molecular formula is C10H12O2. The van der Waals surface area contributed by atoms with E-state index in [1.165, 1.54) is 25.7 Å². The fourth-order valence-electron chi connectivity index (χ4n) is 4.85.